The summed E-state index contributed by atoms with van der Waals surface area (Å²) in [7, 11) is 0. The van der Waals surface area contributed by atoms with E-state index in [1.54, 1.807) is 43.5 Å². The topological polar surface area (TPSA) is 223 Å². The molecular formula is C45H47N7O9S. The van der Waals surface area contributed by atoms with Gasteiger partial charge in [-0.05, 0) is 75.4 Å². The van der Waals surface area contributed by atoms with Crippen molar-refractivity contribution in [2.45, 2.75) is 83.0 Å². The molecule has 62 heavy (non-hydrogen) atoms. The Hall–Kier alpha value is -6.64. The number of piperidine rings is 2. The number of pyridine rings is 1. The molecule has 2 aromatic heterocycles. The number of nitrogens with zero attached hydrogens (tertiary/aromatic N) is 4. The Kier molecular flexibility index (Phi) is 13.3. The SMILES string of the molecule is CC(C)(O)C#Cc1cccc(COc2cc(-c3cnc(C4CCN(C(=O)CCNC(=O)CCCOc5cccc6c5C(=O)N(C5CCC(=O)NC5=O)C6=O)CC4)s3)cnc2N)c1. The maximum absolute atomic E-state index is 13.3. The number of carbonyl (C=O) groups excluding carboxylic acids is 6. The number of hydrogen-bond acceptors (Lipinski definition) is 13. The highest BCUT2D eigenvalue weighted by molar-refractivity contribution is 7.15. The molecule has 0 radical (unpaired) electrons. The van der Waals surface area contributed by atoms with Gasteiger partial charge in [0.15, 0.2) is 11.6 Å². The van der Waals surface area contributed by atoms with E-state index in [9.17, 15) is 33.9 Å². The van der Waals surface area contributed by atoms with E-state index in [-0.39, 0.29) is 85.9 Å². The minimum atomic E-state index is -1.09. The summed E-state index contributed by atoms with van der Waals surface area (Å²) in [5.41, 5.74) is 7.72. The Balaban J connectivity index is 0.815. The van der Waals surface area contributed by atoms with E-state index in [0.29, 0.717) is 25.3 Å². The number of ether oxygens (including phenoxy) is 2. The van der Waals surface area contributed by atoms with E-state index in [1.807, 2.05) is 41.4 Å². The van der Waals surface area contributed by atoms with Gasteiger partial charge in [-0.15, -0.1) is 11.3 Å². The lowest BCUT2D eigenvalue weighted by atomic mass is 9.97. The quantitative estimate of drug-likeness (QED) is 0.0804. The Morgan fingerprint density at radius 1 is 0.984 bits per heavy atom. The van der Waals surface area contributed by atoms with Gasteiger partial charge in [-0.25, -0.2) is 9.97 Å². The highest BCUT2D eigenvalue weighted by atomic mass is 32.1. The molecule has 16 nitrogen and oxygen atoms in total. The third kappa shape index (κ3) is 10.4. The van der Waals surface area contributed by atoms with E-state index in [1.165, 1.54) is 6.07 Å². The van der Waals surface area contributed by atoms with Crippen LogP contribution in [0, 0.1) is 11.8 Å². The Bertz CT molecular complexity index is 2460. The van der Waals surface area contributed by atoms with Crippen molar-refractivity contribution < 1.29 is 43.3 Å². The van der Waals surface area contributed by atoms with Gasteiger partial charge in [0.1, 0.15) is 24.0 Å². The highest BCUT2D eigenvalue weighted by Gasteiger charge is 2.46. The summed E-state index contributed by atoms with van der Waals surface area (Å²) in [5.74, 6) is 4.16. The molecule has 0 aliphatic carbocycles. The molecule has 2 saturated heterocycles. The summed E-state index contributed by atoms with van der Waals surface area (Å²) in [6, 6.07) is 13.0. The van der Waals surface area contributed by atoms with Gasteiger partial charge in [-0.2, -0.15) is 0 Å². The van der Waals surface area contributed by atoms with E-state index >= 15 is 0 Å². The molecule has 322 valence electrons. The van der Waals surface area contributed by atoms with Crippen LogP contribution in [-0.4, -0.2) is 98.2 Å². The molecule has 6 amide bonds. The molecule has 2 fully saturated rings. The Labute approximate surface area is 362 Å². The number of imide groups is 2. The number of likely N-dealkylation sites (tertiary alicyclic amines) is 1. The first-order valence-corrected chi connectivity index (χ1v) is 21.3. The van der Waals surface area contributed by atoms with Gasteiger partial charge in [0.05, 0.1) is 27.6 Å². The molecule has 3 aliphatic heterocycles. The molecule has 17 heteroatoms. The molecule has 1 atom stereocenters. The van der Waals surface area contributed by atoms with Crippen LogP contribution in [-0.2, 0) is 25.8 Å². The number of thiazole rings is 1. The van der Waals surface area contributed by atoms with Crippen molar-refractivity contribution in [2.75, 3.05) is 32.0 Å². The molecular weight excluding hydrogens is 815 g/mol. The third-order valence-electron chi connectivity index (χ3n) is 10.6. The number of benzene rings is 2. The maximum Gasteiger partial charge on any atom is 0.266 e. The summed E-state index contributed by atoms with van der Waals surface area (Å²) in [6.07, 6.45) is 5.72. The van der Waals surface area contributed by atoms with Gasteiger partial charge >= 0.3 is 0 Å². The van der Waals surface area contributed by atoms with Crippen molar-refractivity contribution in [3.63, 3.8) is 0 Å². The number of hydrogen-bond donors (Lipinski definition) is 4. The minimum absolute atomic E-state index is 0.0191. The number of aromatic nitrogens is 2. The largest absolute Gasteiger partial charge is 0.493 e. The smallest absolute Gasteiger partial charge is 0.266 e. The predicted molar refractivity (Wildman–Crippen MR) is 228 cm³/mol. The van der Waals surface area contributed by atoms with Crippen molar-refractivity contribution in [3.8, 4) is 33.8 Å². The third-order valence-corrected chi connectivity index (χ3v) is 11.8. The van der Waals surface area contributed by atoms with Gasteiger partial charge in [-0.1, -0.05) is 30.0 Å². The zero-order chi connectivity index (χ0) is 44.0. The molecule has 4 aromatic rings. The van der Waals surface area contributed by atoms with Crippen molar-refractivity contribution >= 4 is 52.6 Å². The number of aliphatic hydroxyl groups is 1. The van der Waals surface area contributed by atoms with Crippen LogP contribution < -0.4 is 25.8 Å². The summed E-state index contributed by atoms with van der Waals surface area (Å²) in [4.78, 5) is 88.6. The lowest BCUT2D eigenvalue weighted by Gasteiger charge is -2.31. The van der Waals surface area contributed by atoms with Crippen LogP contribution in [0.25, 0.3) is 10.4 Å². The van der Waals surface area contributed by atoms with Crippen LogP contribution in [0.3, 0.4) is 0 Å². The van der Waals surface area contributed by atoms with Crippen molar-refractivity contribution in [3.05, 3.63) is 88.2 Å². The second-order valence-corrected chi connectivity index (χ2v) is 16.9. The van der Waals surface area contributed by atoms with E-state index in [4.69, 9.17) is 20.2 Å². The summed E-state index contributed by atoms with van der Waals surface area (Å²) in [5, 5.41) is 15.9. The van der Waals surface area contributed by atoms with E-state index in [0.717, 1.165) is 44.3 Å². The predicted octanol–water partition coefficient (Wildman–Crippen LogP) is 3.96. The second-order valence-electron chi connectivity index (χ2n) is 15.8. The minimum Gasteiger partial charge on any atom is -0.493 e. The molecule has 5 N–H and O–H groups in total. The van der Waals surface area contributed by atoms with E-state index in [2.05, 4.69) is 27.5 Å². The summed E-state index contributed by atoms with van der Waals surface area (Å²) < 4.78 is 11.9. The molecule has 3 aliphatic rings. The zero-order valence-electron chi connectivity index (χ0n) is 34.4. The number of nitrogen functional groups attached to an aromatic ring is 1. The number of amides is 6. The van der Waals surface area contributed by atoms with Gasteiger partial charge < -0.3 is 30.5 Å². The number of anilines is 1. The van der Waals surface area contributed by atoms with Crippen molar-refractivity contribution in [1.82, 2.24) is 30.4 Å². The average molecular weight is 862 g/mol. The number of carbonyl (C=O) groups is 6. The fourth-order valence-corrected chi connectivity index (χ4v) is 8.46. The highest BCUT2D eigenvalue weighted by Crippen LogP contribution is 2.37. The second kappa shape index (κ2) is 19.0. The zero-order valence-corrected chi connectivity index (χ0v) is 35.2. The fraction of sp³-hybridized carbons (Fsp3) is 0.378. The molecule has 0 bridgehead atoms. The lowest BCUT2D eigenvalue weighted by molar-refractivity contribution is -0.136. The maximum atomic E-state index is 13.3. The van der Waals surface area contributed by atoms with Crippen LogP contribution in [0.15, 0.2) is 60.9 Å². The number of nitrogens with one attached hydrogen (secondary N) is 2. The van der Waals surface area contributed by atoms with Gasteiger partial charge in [0, 0.05) is 68.3 Å². The Morgan fingerprint density at radius 3 is 2.55 bits per heavy atom. The molecule has 1 unspecified atom stereocenters. The van der Waals surface area contributed by atoms with Crippen molar-refractivity contribution in [1.29, 1.82) is 0 Å². The molecule has 5 heterocycles. The van der Waals surface area contributed by atoms with Crippen LogP contribution in [0.2, 0.25) is 0 Å². The average Bonchev–Trinajstić information content (AvgIpc) is 3.84. The lowest BCUT2D eigenvalue weighted by Crippen LogP contribution is -2.54. The summed E-state index contributed by atoms with van der Waals surface area (Å²) >= 11 is 1.58. The van der Waals surface area contributed by atoms with Crippen LogP contribution in [0.1, 0.15) is 102 Å². The first-order chi connectivity index (χ1) is 29.7. The standard InChI is InChI=1S/C45H47N7O9S/c1-45(2,59)17-13-27-6-3-7-28(22-27)26-61-34-23-30(24-48-40(34)46)35-25-49-42(62-35)29-15-19-51(20-16-29)38(55)14-18-47-36(53)10-5-21-60-33-9-4-8-31-39(33)44(58)52(43(31)57)32-11-12-37(54)50-41(32)56/h3-4,6-9,22-25,29,32,59H,5,10-12,14-16,18-21,26H2,1-2H3,(H2,46,48)(H,47,53)(H,50,54,56). The van der Waals surface area contributed by atoms with Crippen LogP contribution >= 0.6 is 11.3 Å². The Morgan fingerprint density at radius 2 is 1.77 bits per heavy atom. The molecule has 0 spiro atoms. The monoisotopic (exact) mass is 861 g/mol. The number of nitrogens with two attached hydrogens (primary N) is 1. The van der Waals surface area contributed by atoms with Crippen LogP contribution in [0.5, 0.6) is 11.5 Å². The number of rotatable bonds is 14. The van der Waals surface area contributed by atoms with E-state index < -0.39 is 35.3 Å². The fourth-order valence-electron chi connectivity index (χ4n) is 7.39. The normalized spacial score (nSPS) is 16.7. The van der Waals surface area contributed by atoms with Gasteiger partial charge in [-0.3, -0.25) is 39.0 Å². The first kappa shape index (κ1) is 43.4. The molecule has 0 saturated carbocycles. The molecule has 2 aromatic carbocycles. The first-order valence-electron chi connectivity index (χ1n) is 20.4. The van der Waals surface area contributed by atoms with Gasteiger partial charge in [0.25, 0.3) is 11.8 Å². The van der Waals surface area contributed by atoms with Crippen molar-refractivity contribution in [2.24, 2.45) is 0 Å². The number of fused-ring (bicyclic) bond motifs is 1. The van der Waals surface area contributed by atoms with Gasteiger partial charge in [0.2, 0.25) is 23.6 Å². The molecule has 7 rings (SSSR count). The summed E-state index contributed by atoms with van der Waals surface area (Å²) in [6.45, 7) is 4.96. The van der Waals surface area contributed by atoms with Crippen LogP contribution in [0.4, 0.5) is 5.82 Å².